The van der Waals surface area contributed by atoms with Crippen LogP contribution in [-0.2, 0) is 4.79 Å². The van der Waals surface area contributed by atoms with Crippen molar-refractivity contribution >= 4 is 5.78 Å². The molecule has 54 valence electrons. The molecule has 10 heavy (non-hydrogen) atoms. The predicted molar refractivity (Wildman–Crippen MR) is 38.5 cm³/mol. The largest absolute Gasteiger partial charge is 0.396 e. The van der Waals surface area contributed by atoms with Crippen molar-refractivity contribution in [2.75, 3.05) is 6.61 Å². The van der Waals surface area contributed by atoms with Gasteiger partial charge in [-0.25, -0.2) is 0 Å². The quantitative estimate of drug-likeness (QED) is 0.578. The Labute approximate surface area is 59.9 Å². The molecule has 0 aromatic heterocycles. The van der Waals surface area contributed by atoms with Crippen LogP contribution in [0.1, 0.15) is 6.42 Å². The topological polar surface area (TPSA) is 37.3 Å². The van der Waals surface area contributed by atoms with E-state index >= 15 is 0 Å². The second kappa shape index (κ2) is 2.80. The van der Waals surface area contributed by atoms with Crippen LogP contribution in [0.2, 0.25) is 0 Å². The average molecular weight is 138 g/mol. The van der Waals surface area contributed by atoms with Gasteiger partial charge in [-0.3, -0.25) is 4.79 Å². The molecular weight excluding hydrogens is 128 g/mol. The minimum Gasteiger partial charge on any atom is -0.396 e. The summed E-state index contributed by atoms with van der Waals surface area (Å²) in [5, 5.41) is 8.73. The Bertz CT molecular complexity index is 191. The summed E-state index contributed by atoms with van der Waals surface area (Å²) < 4.78 is 0. The van der Waals surface area contributed by atoms with Crippen molar-refractivity contribution in [3.63, 3.8) is 0 Å². The highest BCUT2D eigenvalue weighted by molar-refractivity contribution is 5.91. The van der Waals surface area contributed by atoms with Gasteiger partial charge >= 0.3 is 0 Å². The highest BCUT2D eigenvalue weighted by Gasteiger charge is 2.16. The normalized spacial score (nSPS) is 25.5. The van der Waals surface area contributed by atoms with Crippen LogP contribution < -0.4 is 0 Å². The number of hydrogen-bond acceptors (Lipinski definition) is 2. The summed E-state index contributed by atoms with van der Waals surface area (Å²) in [4.78, 5) is 10.7. The van der Waals surface area contributed by atoms with Crippen molar-refractivity contribution in [1.29, 1.82) is 0 Å². The summed E-state index contributed by atoms with van der Waals surface area (Å²) in [6.45, 7) is 3.72. The van der Waals surface area contributed by atoms with E-state index in [1.54, 1.807) is 6.08 Å². The molecule has 0 saturated carbocycles. The van der Waals surface area contributed by atoms with Crippen LogP contribution in [0.4, 0.5) is 0 Å². The minimum atomic E-state index is -0.0440. The molecule has 0 aromatic rings. The lowest BCUT2D eigenvalue weighted by molar-refractivity contribution is -0.115. The molecule has 0 amide bonds. The van der Waals surface area contributed by atoms with Gasteiger partial charge in [0, 0.05) is 12.3 Å². The SMILES string of the molecule is C=C1C=CC(=O)CC1CO. The highest BCUT2D eigenvalue weighted by atomic mass is 16.3. The van der Waals surface area contributed by atoms with Crippen molar-refractivity contribution < 1.29 is 9.90 Å². The fourth-order valence-corrected chi connectivity index (χ4v) is 0.960. The molecule has 0 aliphatic heterocycles. The zero-order valence-electron chi connectivity index (χ0n) is 5.71. The van der Waals surface area contributed by atoms with Crippen LogP contribution in [0.15, 0.2) is 24.3 Å². The van der Waals surface area contributed by atoms with Crippen molar-refractivity contribution in [2.45, 2.75) is 6.42 Å². The summed E-state index contributed by atoms with van der Waals surface area (Å²) in [6, 6.07) is 0. The molecule has 2 heteroatoms. The van der Waals surface area contributed by atoms with Gasteiger partial charge < -0.3 is 5.11 Å². The number of carbonyl (C=O) groups is 1. The molecule has 0 heterocycles. The third-order valence-electron chi connectivity index (χ3n) is 1.68. The third-order valence-corrected chi connectivity index (χ3v) is 1.68. The Kier molecular flexibility index (Phi) is 2.02. The zero-order chi connectivity index (χ0) is 7.56. The number of aliphatic hydroxyl groups is 1. The minimum absolute atomic E-state index is 0.0227. The first-order chi connectivity index (χ1) is 4.74. The van der Waals surface area contributed by atoms with E-state index in [9.17, 15) is 4.79 Å². The van der Waals surface area contributed by atoms with Crippen LogP contribution in [-0.4, -0.2) is 17.5 Å². The van der Waals surface area contributed by atoms with Gasteiger partial charge in [-0.05, 0) is 11.6 Å². The Hall–Kier alpha value is -0.890. The third kappa shape index (κ3) is 1.33. The lowest BCUT2D eigenvalue weighted by atomic mass is 9.90. The van der Waals surface area contributed by atoms with E-state index < -0.39 is 0 Å². The molecule has 1 aliphatic rings. The van der Waals surface area contributed by atoms with Crippen molar-refractivity contribution in [3.8, 4) is 0 Å². The molecule has 1 rings (SSSR count). The molecule has 1 N–H and O–H groups in total. The molecule has 1 aliphatic carbocycles. The van der Waals surface area contributed by atoms with E-state index in [0.717, 1.165) is 5.57 Å². The molecule has 2 nitrogen and oxygen atoms in total. The number of rotatable bonds is 1. The molecule has 1 unspecified atom stereocenters. The summed E-state index contributed by atoms with van der Waals surface area (Å²) in [7, 11) is 0. The highest BCUT2D eigenvalue weighted by Crippen LogP contribution is 2.19. The van der Waals surface area contributed by atoms with Crippen LogP contribution in [0.5, 0.6) is 0 Å². The molecular formula is C8H10O2. The first-order valence-corrected chi connectivity index (χ1v) is 3.24. The van der Waals surface area contributed by atoms with Crippen molar-refractivity contribution in [3.05, 3.63) is 24.3 Å². The van der Waals surface area contributed by atoms with Crippen molar-refractivity contribution in [2.24, 2.45) is 5.92 Å². The zero-order valence-corrected chi connectivity index (χ0v) is 5.71. The van der Waals surface area contributed by atoms with Gasteiger partial charge in [-0.1, -0.05) is 12.7 Å². The maximum atomic E-state index is 10.7. The van der Waals surface area contributed by atoms with E-state index in [2.05, 4.69) is 6.58 Å². The van der Waals surface area contributed by atoms with Gasteiger partial charge in [0.2, 0.25) is 0 Å². The first-order valence-electron chi connectivity index (χ1n) is 3.24. The van der Waals surface area contributed by atoms with Crippen LogP contribution in [0.3, 0.4) is 0 Å². The summed E-state index contributed by atoms with van der Waals surface area (Å²) in [5.41, 5.74) is 0.849. The number of allylic oxidation sites excluding steroid dienone is 2. The molecule has 0 bridgehead atoms. The molecule has 0 fully saturated rings. The smallest absolute Gasteiger partial charge is 0.156 e. The standard InChI is InChI=1S/C8H10O2/c1-6-2-3-8(10)4-7(6)5-9/h2-3,7,9H,1,4-5H2. The second-order valence-electron chi connectivity index (χ2n) is 2.46. The van der Waals surface area contributed by atoms with Crippen LogP contribution >= 0.6 is 0 Å². The lowest BCUT2D eigenvalue weighted by Crippen LogP contribution is -2.15. The van der Waals surface area contributed by atoms with E-state index in [0.29, 0.717) is 6.42 Å². The monoisotopic (exact) mass is 138 g/mol. The van der Waals surface area contributed by atoms with Crippen molar-refractivity contribution in [1.82, 2.24) is 0 Å². The fraction of sp³-hybridized carbons (Fsp3) is 0.375. The summed E-state index contributed by atoms with van der Waals surface area (Å²) in [5.74, 6) is 0.0314. The maximum absolute atomic E-state index is 10.7. The van der Waals surface area contributed by atoms with Gasteiger partial charge in [0.15, 0.2) is 5.78 Å². The number of hydrogen-bond donors (Lipinski definition) is 1. The Balaban J connectivity index is 2.71. The maximum Gasteiger partial charge on any atom is 0.156 e. The number of ketones is 1. The molecule has 0 spiro atoms. The summed E-state index contributed by atoms with van der Waals surface area (Å²) in [6.07, 6.45) is 3.59. The molecule has 1 atom stereocenters. The van der Waals surface area contributed by atoms with E-state index in [-0.39, 0.29) is 18.3 Å². The van der Waals surface area contributed by atoms with E-state index in [1.807, 2.05) is 0 Å². The predicted octanol–water partition coefficient (Wildman–Crippen LogP) is 0.680. The van der Waals surface area contributed by atoms with Gasteiger partial charge in [-0.15, -0.1) is 0 Å². The van der Waals surface area contributed by atoms with Gasteiger partial charge in [0.05, 0.1) is 6.61 Å². The van der Waals surface area contributed by atoms with E-state index in [4.69, 9.17) is 5.11 Å². The van der Waals surface area contributed by atoms with Crippen LogP contribution in [0.25, 0.3) is 0 Å². The van der Waals surface area contributed by atoms with Gasteiger partial charge in [0.25, 0.3) is 0 Å². The fourth-order valence-electron chi connectivity index (χ4n) is 0.960. The lowest BCUT2D eigenvalue weighted by Gasteiger charge is -2.15. The second-order valence-corrected chi connectivity index (χ2v) is 2.46. The first kappa shape index (κ1) is 7.22. The summed E-state index contributed by atoms with van der Waals surface area (Å²) >= 11 is 0. The van der Waals surface area contributed by atoms with Gasteiger partial charge in [-0.2, -0.15) is 0 Å². The number of aliphatic hydroxyl groups excluding tert-OH is 1. The molecule has 0 saturated heterocycles. The molecule has 0 aromatic carbocycles. The number of carbonyl (C=O) groups excluding carboxylic acids is 1. The Morgan fingerprint density at radius 3 is 2.90 bits per heavy atom. The molecule has 0 radical (unpaired) electrons. The average Bonchev–Trinajstić information content (AvgIpc) is 1.94. The Morgan fingerprint density at radius 1 is 1.70 bits per heavy atom. The van der Waals surface area contributed by atoms with Gasteiger partial charge in [0.1, 0.15) is 0 Å². The van der Waals surface area contributed by atoms with E-state index in [1.165, 1.54) is 6.08 Å². The van der Waals surface area contributed by atoms with Crippen LogP contribution in [0, 0.1) is 5.92 Å². The Morgan fingerprint density at radius 2 is 2.40 bits per heavy atom.